The van der Waals surface area contributed by atoms with Crippen LogP contribution in [0.25, 0.3) is 0 Å². The molecule has 0 heterocycles. The van der Waals surface area contributed by atoms with Crippen LogP contribution in [0.3, 0.4) is 0 Å². The van der Waals surface area contributed by atoms with Crippen molar-refractivity contribution in [3.05, 3.63) is 41.5 Å². The van der Waals surface area contributed by atoms with Gasteiger partial charge in [0.05, 0.1) is 5.92 Å². The topological polar surface area (TPSA) is 52.3 Å². The molecule has 0 amide bonds. The van der Waals surface area contributed by atoms with Crippen molar-refractivity contribution in [2.24, 2.45) is 5.92 Å². The van der Waals surface area contributed by atoms with Gasteiger partial charge in [0.15, 0.2) is 0 Å². The minimum atomic E-state index is -0.493. The summed E-state index contributed by atoms with van der Waals surface area (Å²) < 4.78 is 5.56. The Morgan fingerprint density at radius 2 is 1.81 bits per heavy atom. The lowest BCUT2D eigenvalue weighted by molar-refractivity contribution is -0.158. The zero-order chi connectivity index (χ0) is 16.2. The van der Waals surface area contributed by atoms with E-state index in [1.54, 1.807) is 0 Å². The largest absolute Gasteiger partial charge is 0.459 e. The minimum absolute atomic E-state index is 0.0315. The molecule has 116 valence electrons. The van der Waals surface area contributed by atoms with Gasteiger partial charge in [-0.2, -0.15) is 0 Å². The molecule has 2 N–H and O–H groups in total. The molecule has 3 heteroatoms. The number of nitrogen functional groups attached to an aromatic ring is 1. The summed E-state index contributed by atoms with van der Waals surface area (Å²) in [5, 5.41) is 0. The molecule has 1 rings (SSSR count). The zero-order valence-electron chi connectivity index (χ0n) is 13.9. The second kappa shape index (κ2) is 6.79. The van der Waals surface area contributed by atoms with Crippen LogP contribution in [0.4, 0.5) is 5.69 Å². The molecule has 1 aromatic rings. The first-order valence-electron chi connectivity index (χ1n) is 7.34. The predicted octanol–water partition coefficient (Wildman–Crippen LogP) is 4.30. The van der Waals surface area contributed by atoms with E-state index in [1.807, 2.05) is 71.9 Å². The highest BCUT2D eigenvalue weighted by atomic mass is 16.6. The highest BCUT2D eigenvalue weighted by Gasteiger charge is 2.29. The Kier molecular flexibility index (Phi) is 5.59. The number of rotatable bonds is 4. The number of carbonyl (C=O) groups is 1. The van der Waals surface area contributed by atoms with E-state index in [4.69, 9.17) is 10.5 Å². The van der Waals surface area contributed by atoms with Gasteiger partial charge in [0.25, 0.3) is 0 Å². The summed E-state index contributed by atoms with van der Waals surface area (Å²) in [5.74, 6) is -0.575. The van der Waals surface area contributed by atoms with E-state index in [0.29, 0.717) is 5.69 Å². The zero-order valence-corrected chi connectivity index (χ0v) is 13.9. The van der Waals surface area contributed by atoms with Gasteiger partial charge in [-0.25, -0.2) is 0 Å². The van der Waals surface area contributed by atoms with Gasteiger partial charge in [0.1, 0.15) is 5.60 Å². The molecule has 21 heavy (non-hydrogen) atoms. The number of benzene rings is 1. The maximum atomic E-state index is 12.5. The second-order valence-electron chi connectivity index (χ2n) is 6.72. The van der Waals surface area contributed by atoms with E-state index in [0.717, 1.165) is 11.1 Å². The highest BCUT2D eigenvalue weighted by Crippen LogP contribution is 2.32. The maximum Gasteiger partial charge on any atom is 0.313 e. The molecule has 2 atom stereocenters. The van der Waals surface area contributed by atoms with Crippen molar-refractivity contribution in [1.29, 1.82) is 0 Å². The average molecular weight is 289 g/mol. The predicted molar refractivity (Wildman–Crippen MR) is 88.0 cm³/mol. The van der Waals surface area contributed by atoms with Crippen LogP contribution in [-0.4, -0.2) is 11.6 Å². The van der Waals surface area contributed by atoms with Crippen molar-refractivity contribution < 1.29 is 9.53 Å². The first kappa shape index (κ1) is 17.3. The molecule has 1 aromatic carbocycles. The fourth-order valence-electron chi connectivity index (χ4n) is 2.26. The molecule has 0 aliphatic heterocycles. The molecule has 0 fully saturated rings. The van der Waals surface area contributed by atoms with E-state index in [2.05, 4.69) is 0 Å². The molecular formula is C18H27NO2. The Labute approximate surface area is 128 Å². The Bertz CT molecular complexity index is 522. The first-order chi connectivity index (χ1) is 9.61. The van der Waals surface area contributed by atoms with Gasteiger partial charge in [0, 0.05) is 5.69 Å². The van der Waals surface area contributed by atoms with Crippen LogP contribution in [0.2, 0.25) is 0 Å². The van der Waals surface area contributed by atoms with Crippen molar-refractivity contribution >= 4 is 11.7 Å². The van der Waals surface area contributed by atoms with E-state index in [-0.39, 0.29) is 17.8 Å². The molecule has 0 spiro atoms. The van der Waals surface area contributed by atoms with Crippen LogP contribution in [0.1, 0.15) is 53.0 Å². The highest BCUT2D eigenvalue weighted by molar-refractivity contribution is 5.77. The van der Waals surface area contributed by atoms with Crippen molar-refractivity contribution in [2.75, 3.05) is 5.73 Å². The minimum Gasteiger partial charge on any atom is -0.459 e. The second-order valence-corrected chi connectivity index (χ2v) is 6.72. The molecule has 3 nitrogen and oxygen atoms in total. The smallest absolute Gasteiger partial charge is 0.313 e. The molecule has 0 aliphatic carbocycles. The standard InChI is InChI=1S/C18H27NO2/c1-12(2)11-15(17(20)21-18(4,5)6)13(3)14-9-7-8-10-16(14)19/h7-11,13,15H,19H2,1-6H3. The lowest BCUT2D eigenvalue weighted by Gasteiger charge is -2.27. The summed E-state index contributed by atoms with van der Waals surface area (Å²) >= 11 is 0. The third-order valence-corrected chi connectivity index (χ3v) is 3.22. The van der Waals surface area contributed by atoms with Gasteiger partial charge in [-0.15, -0.1) is 0 Å². The van der Waals surface area contributed by atoms with Crippen LogP contribution >= 0.6 is 0 Å². The molecule has 0 saturated heterocycles. The van der Waals surface area contributed by atoms with E-state index >= 15 is 0 Å². The van der Waals surface area contributed by atoms with Gasteiger partial charge in [-0.05, 0) is 52.2 Å². The van der Waals surface area contributed by atoms with Gasteiger partial charge in [0.2, 0.25) is 0 Å². The first-order valence-corrected chi connectivity index (χ1v) is 7.34. The Hall–Kier alpha value is -1.77. The van der Waals surface area contributed by atoms with E-state index in [9.17, 15) is 4.79 Å². The van der Waals surface area contributed by atoms with Crippen LogP contribution in [-0.2, 0) is 9.53 Å². The lowest BCUT2D eigenvalue weighted by Crippen LogP contribution is -2.30. The van der Waals surface area contributed by atoms with Crippen molar-refractivity contribution in [2.45, 2.75) is 53.1 Å². The number of anilines is 1. The summed E-state index contributed by atoms with van der Waals surface area (Å²) in [7, 11) is 0. The lowest BCUT2D eigenvalue weighted by atomic mass is 9.85. The summed E-state index contributed by atoms with van der Waals surface area (Å²) in [5.41, 5.74) is 8.33. The van der Waals surface area contributed by atoms with Gasteiger partial charge >= 0.3 is 5.97 Å². The average Bonchev–Trinajstić information content (AvgIpc) is 2.33. The summed E-state index contributed by atoms with van der Waals surface area (Å²) in [4.78, 5) is 12.5. The monoisotopic (exact) mass is 289 g/mol. The van der Waals surface area contributed by atoms with Crippen LogP contribution in [0.15, 0.2) is 35.9 Å². The summed E-state index contributed by atoms with van der Waals surface area (Å²) in [6.45, 7) is 11.6. The SMILES string of the molecule is CC(C)=CC(C(=O)OC(C)(C)C)C(C)c1ccccc1N. The van der Waals surface area contributed by atoms with Crippen LogP contribution in [0.5, 0.6) is 0 Å². The molecule has 2 unspecified atom stereocenters. The number of hydrogen-bond donors (Lipinski definition) is 1. The van der Waals surface area contributed by atoms with E-state index < -0.39 is 5.60 Å². The Morgan fingerprint density at radius 3 is 2.29 bits per heavy atom. The number of carbonyl (C=O) groups excluding carboxylic acids is 1. The van der Waals surface area contributed by atoms with Crippen LogP contribution in [0, 0.1) is 5.92 Å². The molecule has 0 aromatic heterocycles. The quantitative estimate of drug-likeness (QED) is 0.511. The molecule has 0 aliphatic rings. The number of hydrogen-bond acceptors (Lipinski definition) is 3. The molecule has 0 bridgehead atoms. The van der Waals surface area contributed by atoms with E-state index in [1.165, 1.54) is 0 Å². The number of nitrogens with two attached hydrogens (primary N) is 1. The van der Waals surface area contributed by atoms with Gasteiger partial charge in [-0.3, -0.25) is 4.79 Å². The van der Waals surface area contributed by atoms with Crippen molar-refractivity contribution in [1.82, 2.24) is 0 Å². The molecular weight excluding hydrogens is 262 g/mol. The van der Waals surface area contributed by atoms with Gasteiger partial charge < -0.3 is 10.5 Å². The summed E-state index contributed by atoms with van der Waals surface area (Å²) in [6.07, 6.45) is 1.96. The van der Waals surface area contributed by atoms with Crippen LogP contribution < -0.4 is 5.73 Å². The fraction of sp³-hybridized carbons (Fsp3) is 0.500. The normalized spacial score (nSPS) is 14.2. The number of para-hydroxylation sites is 1. The summed E-state index contributed by atoms with van der Waals surface area (Å²) in [6, 6.07) is 7.67. The molecule has 0 radical (unpaired) electrons. The maximum absolute atomic E-state index is 12.5. The van der Waals surface area contributed by atoms with Gasteiger partial charge in [-0.1, -0.05) is 36.8 Å². The molecule has 0 saturated carbocycles. The van der Waals surface area contributed by atoms with Crippen molar-refractivity contribution in [3.63, 3.8) is 0 Å². The third-order valence-electron chi connectivity index (χ3n) is 3.22. The van der Waals surface area contributed by atoms with Crippen molar-refractivity contribution in [3.8, 4) is 0 Å². The third kappa shape index (κ3) is 5.25. The Balaban J connectivity index is 3.11. The number of allylic oxidation sites excluding steroid dienone is 1. The number of ether oxygens (including phenoxy) is 1. The fourth-order valence-corrected chi connectivity index (χ4v) is 2.26. The number of esters is 1. The Morgan fingerprint density at radius 1 is 1.24 bits per heavy atom.